The first-order valence-corrected chi connectivity index (χ1v) is 13.1. The van der Waals surface area contributed by atoms with Crippen LogP contribution in [0.3, 0.4) is 0 Å². The number of carbonyl (C=O) groups is 4. The van der Waals surface area contributed by atoms with Gasteiger partial charge in [-0.3, -0.25) is 29.4 Å². The molecule has 2 amide bonds. The number of hydrogen-bond acceptors (Lipinski definition) is 7. The number of aliphatic carboxylic acids is 1. The van der Waals surface area contributed by atoms with Crippen molar-refractivity contribution in [2.75, 3.05) is 17.7 Å². The summed E-state index contributed by atoms with van der Waals surface area (Å²) in [5.41, 5.74) is 4.67. The van der Waals surface area contributed by atoms with Gasteiger partial charge in [0.05, 0.1) is 30.5 Å². The molecule has 2 aromatic carbocycles. The fourth-order valence-corrected chi connectivity index (χ4v) is 4.51. The molecule has 2 unspecified atom stereocenters. The molecule has 41 heavy (non-hydrogen) atoms. The molecule has 0 bridgehead atoms. The highest BCUT2D eigenvalue weighted by Crippen LogP contribution is 2.26. The normalized spacial score (nSPS) is 12.5. The molecule has 0 fully saturated rings. The van der Waals surface area contributed by atoms with Gasteiger partial charge in [0.25, 0.3) is 0 Å². The SMILES string of the molecule is COC(=O)C(C(=O)Nc1ccc2cn[nH]c2c1C)C(C)C.Cc1c(NC(=O)C(C(=O)O)C(C)C)ccc2cn[nH]c12. The summed E-state index contributed by atoms with van der Waals surface area (Å²) in [6.07, 6.45) is 3.42. The Hall–Kier alpha value is -4.74. The number of carbonyl (C=O) groups excluding carboxylic acids is 3. The van der Waals surface area contributed by atoms with Gasteiger partial charge in [-0.1, -0.05) is 27.7 Å². The predicted octanol–water partition coefficient (Wildman–Crippen LogP) is 4.42. The molecule has 0 spiro atoms. The fourth-order valence-electron chi connectivity index (χ4n) is 4.51. The molecular formula is C29H36N6O6. The Morgan fingerprint density at radius 3 is 1.54 bits per heavy atom. The Balaban J connectivity index is 0.000000226. The van der Waals surface area contributed by atoms with Gasteiger partial charge in [-0.2, -0.15) is 10.2 Å². The van der Waals surface area contributed by atoms with Crippen LogP contribution in [0.15, 0.2) is 36.7 Å². The van der Waals surface area contributed by atoms with E-state index in [0.29, 0.717) is 11.4 Å². The summed E-state index contributed by atoms with van der Waals surface area (Å²) in [5, 5.41) is 30.2. The van der Waals surface area contributed by atoms with Gasteiger partial charge in [0.1, 0.15) is 11.8 Å². The molecule has 2 atom stereocenters. The van der Waals surface area contributed by atoms with E-state index in [2.05, 4.69) is 31.0 Å². The first kappa shape index (κ1) is 30.8. The lowest BCUT2D eigenvalue weighted by Gasteiger charge is -2.18. The van der Waals surface area contributed by atoms with E-state index < -0.39 is 29.7 Å². The van der Waals surface area contributed by atoms with E-state index >= 15 is 0 Å². The van der Waals surface area contributed by atoms with Crippen molar-refractivity contribution >= 4 is 56.9 Å². The second-order valence-corrected chi connectivity index (χ2v) is 10.4. The van der Waals surface area contributed by atoms with Crippen molar-refractivity contribution in [3.8, 4) is 0 Å². The lowest BCUT2D eigenvalue weighted by molar-refractivity contribution is -0.151. The van der Waals surface area contributed by atoms with Crippen LogP contribution in [0.1, 0.15) is 38.8 Å². The lowest BCUT2D eigenvalue weighted by Crippen LogP contribution is -2.34. The van der Waals surface area contributed by atoms with Crippen LogP contribution in [0.5, 0.6) is 0 Å². The number of carboxylic acids is 1. The van der Waals surface area contributed by atoms with Crippen LogP contribution >= 0.6 is 0 Å². The van der Waals surface area contributed by atoms with Gasteiger partial charge in [-0.25, -0.2) is 0 Å². The summed E-state index contributed by atoms with van der Waals surface area (Å²) >= 11 is 0. The Morgan fingerprint density at radius 1 is 0.756 bits per heavy atom. The molecule has 2 aromatic heterocycles. The molecule has 0 aliphatic heterocycles. The van der Waals surface area contributed by atoms with Crippen molar-refractivity contribution in [3.05, 3.63) is 47.8 Å². The maximum atomic E-state index is 12.3. The van der Waals surface area contributed by atoms with Gasteiger partial charge in [-0.15, -0.1) is 0 Å². The van der Waals surface area contributed by atoms with E-state index in [1.807, 2.05) is 39.8 Å². The van der Waals surface area contributed by atoms with E-state index in [1.54, 1.807) is 38.4 Å². The topological polar surface area (TPSA) is 179 Å². The molecular weight excluding hydrogens is 528 g/mol. The summed E-state index contributed by atoms with van der Waals surface area (Å²) in [6.45, 7) is 10.8. The van der Waals surface area contributed by atoms with E-state index in [1.165, 1.54) is 7.11 Å². The van der Waals surface area contributed by atoms with E-state index in [0.717, 1.165) is 32.9 Å². The summed E-state index contributed by atoms with van der Waals surface area (Å²) in [6, 6.07) is 7.25. The van der Waals surface area contributed by atoms with E-state index in [9.17, 15) is 19.2 Å². The summed E-state index contributed by atoms with van der Waals surface area (Å²) < 4.78 is 4.70. The molecule has 12 nitrogen and oxygen atoms in total. The van der Waals surface area contributed by atoms with Gasteiger partial charge < -0.3 is 20.5 Å². The number of nitrogens with one attached hydrogen (secondary N) is 4. The molecule has 0 saturated carbocycles. The number of nitrogens with zero attached hydrogens (tertiary/aromatic N) is 2. The van der Waals surface area contributed by atoms with Crippen LogP contribution < -0.4 is 10.6 Å². The summed E-state index contributed by atoms with van der Waals surface area (Å²) in [7, 11) is 1.28. The minimum Gasteiger partial charge on any atom is -0.481 e. The number of aryl methyl sites for hydroxylation is 2. The zero-order valence-electron chi connectivity index (χ0n) is 24.2. The van der Waals surface area contributed by atoms with Crippen molar-refractivity contribution in [1.82, 2.24) is 20.4 Å². The quantitative estimate of drug-likeness (QED) is 0.154. The smallest absolute Gasteiger partial charge is 0.318 e. The third kappa shape index (κ3) is 6.89. The van der Waals surface area contributed by atoms with Crippen molar-refractivity contribution < 1.29 is 29.0 Å². The van der Waals surface area contributed by atoms with Gasteiger partial charge in [0.15, 0.2) is 0 Å². The van der Waals surface area contributed by atoms with Crippen molar-refractivity contribution in [3.63, 3.8) is 0 Å². The molecule has 4 aromatic rings. The minimum atomic E-state index is -1.11. The standard InChI is InChI=1S/C15H19N3O3.C14H17N3O3/c1-8(2)12(15(20)21-4)14(19)17-11-6-5-10-7-16-18-13(10)9(11)3;1-7(2)11(14(19)20)13(18)16-10-5-4-9-6-15-17-12(9)8(10)3/h5-8,12H,1-4H3,(H,16,18)(H,17,19);4-7,11H,1-3H3,(H,15,17)(H,16,18)(H,19,20). The number of ether oxygens (including phenoxy) is 1. The molecule has 12 heteroatoms. The van der Waals surface area contributed by atoms with Gasteiger partial charge in [0.2, 0.25) is 11.8 Å². The lowest BCUT2D eigenvalue weighted by atomic mass is 9.94. The van der Waals surface area contributed by atoms with Gasteiger partial charge in [0, 0.05) is 22.1 Å². The number of rotatable bonds is 8. The van der Waals surface area contributed by atoms with Crippen LogP contribution in [0.4, 0.5) is 11.4 Å². The van der Waals surface area contributed by atoms with E-state index in [4.69, 9.17) is 9.84 Å². The highest BCUT2D eigenvalue weighted by atomic mass is 16.5. The molecule has 0 aliphatic rings. The molecule has 0 aliphatic carbocycles. The molecule has 0 saturated heterocycles. The Kier molecular flexibility index (Phi) is 9.82. The van der Waals surface area contributed by atoms with Gasteiger partial charge in [-0.05, 0) is 61.1 Å². The second kappa shape index (κ2) is 13.1. The third-order valence-electron chi connectivity index (χ3n) is 6.89. The largest absolute Gasteiger partial charge is 0.481 e. The minimum absolute atomic E-state index is 0.145. The predicted molar refractivity (Wildman–Crippen MR) is 155 cm³/mol. The van der Waals surface area contributed by atoms with Crippen LogP contribution in [-0.4, -0.2) is 56.4 Å². The molecule has 4 rings (SSSR count). The monoisotopic (exact) mass is 564 g/mol. The first-order chi connectivity index (χ1) is 19.4. The van der Waals surface area contributed by atoms with Crippen LogP contribution in [0.25, 0.3) is 21.8 Å². The van der Waals surface area contributed by atoms with E-state index in [-0.39, 0.29) is 17.7 Å². The second-order valence-electron chi connectivity index (χ2n) is 10.4. The maximum Gasteiger partial charge on any atom is 0.318 e. The fraction of sp³-hybridized carbons (Fsp3) is 0.379. The molecule has 5 N–H and O–H groups in total. The number of anilines is 2. The number of esters is 1. The average molecular weight is 565 g/mol. The number of benzene rings is 2. The van der Waals surface area contributed by atoms with Gasteiger partial charge >= 0.3 is 11.9 Å². The Morgan fingerprint density at radius 2 is 1.17 bits per heavy atom. The van der Waals surface area contributed by atoms with Crippen LogP contribution in [0, 0.1) is 37.5 Å². The highest BCUT2D eigenvalue weighted by Gasteiger charge is 2.31. The average Bonchev–Trinajstić information content (AvgIpc) is 3.57. The van der Waals surface area contributed by atoms with Crippen molar-refractivity contribution in [1.29, 1.82) is 0 Å². The summed E-state index contributed by atoms with van der Waals surface area (Å²) in [5.74, 6) is -4.81. The number of carboxylic acid groups (broad SMARTS) is 1. The van der Waals surface area contributed by atoms with Crippen molar-refractivity contribution in [2.24, 2.45) is 23.7 Å². The number of H-pyrrole nitrogens is 2. The highest BCUT2D eigenvalue weighted by molar-refractivity contribution is 6.07. The molecule has 2 heterocycles. The number of hydrogen-bond donors (Lipinski definition) is 5. The summed E-state index contributed by atoms with van der Waals surface area (Å²) in [4.78, 5) is 47.3. The third-order valence-corrected chi connectivity index (χ3v) is 6.89. The Labute approximate surface area is 237 Å². The number of aromatic amines is 2. The number of methoxy groups -OCH3 is 1. The van der Waals surface area contributed by atoms with Crippen LogP contribution in [-0.2, 0) is 23.9 Å². The van der Waals surface area contributed by atoms with Crippen molar-refractivity contribution in [2.45, 2.75) is 41.5 Å². The number of aromatic nitrogens is 4. The van der Waals surface area contributed by atoms with Crippen LogP contribution in [0.2, 0.25) is 0 Å². The Bertz CT molecular complexity index is 1570. The molecule has 0 radical (unpaired) electrons. The first-order valence-electron chi connectivity index (χ1n) is 13.1. The number of fused-ring (bicyclic) bond motifs is 2. The molecule has 218 valence electrons. The number of amides is 2. The zero-order chi connectivity index (χ0) is 30.4. The maximum absolute atomic E-state index is 12.3. The zero-order valence-corrected chi connectivity index (χ0v) is 24.2.